The number of nitrogens with zero attached hydrogens (tertiary/aromatic N) is 2. The molecule has 0 saturated carbocycles. The van der Waals surface area contributed by atoms with Gasteiger partial charge in [-0.1, -0.05) is 0 Å². The standard InChI is InChI=1S/C7H14Cl2N2/c1-10-5-3-4-6(8)7(9)11(10)2/h6-7H,3-5H2,1-2H3. The minimum absolute atomic E-state index is 0.0656. The average molecular weight is 197 g/mol. The van der Waals surface area contributed by atoms with E-state index >= 15 is 0 Å². The second-order valence-electron chi connectivity index (χ2n) is 2.99. The minimum Gasteiger partial charge on any atom is -0.244 e. The van der Waals surface area contributed by atoms with Crippen LogP contribution in [0.2, 0.25) is 0 Å². The van der Waals surface area contributed by atoms with Gasteiger partial charge in [0.05, 0.1) is 5.38 Å². The second kappa shape index (κ2) is 3.94. The molecular weight excluding hydrogens is 183 g/mol. The van der Waals surface area contributed by atoms with Gasteiger partial charge in [0.15, 0.2) is 0 Å². The summed E-state index contributed by atoms with van der Waals surface area (Å²) in [6.45, 7) is 1.04. The highest BCUT2D eigenvalue weighted by Crippen LogP contribution is 2.22. The number of halogens is 2. The van der Waals surface area contributed by atoms with Crippen molar-refractivity contribution < 1.29 is 0 Å². The summed E-state index contributed by atoms with van der Waals surface area (Å²) in [7, 11) is 4.00. The van der Waals surface area contributed by atoms with Gasteiger partial charge in [0.2, 0.25) is 0 Å². The van der Waals surface area contributed by atoms with Crippen molar-refractivity contribution in [2.45, 2.75) is 23.7 Å². The fourth-order valence-electron chi connectivity index (χ4n) is 1.23. The van der Waals surface area contributed by atoms with Crippen LogP contribution in [0.4, 0.5) is 0 Å². The maximum absolute atomic E-state index is 6.07. The van der Waals surface area contributed by atoms with Crippen LogP contribution < -0.4 is 0 Å². The molecule has 1 aliphatic heterocycles. The molecule has 0 aliphatic carbocycles. The van der Waals surface area contributed by atoms with Gasteiger partial charge in [-0.15, -0.1) is 23.2 Å². The lowest BCUT2D eigenvalue weighted by Crippen LogP contribution is -2.42. The maximum atomic E-state index is 6.07. The predicted molar refractivity (Wildman–Crippen MR) is 48.9 cm³/mol. The van der Waals surface area contributed by atoms with E-state index in [1.807, 2.05) is 19.1 Å². The Morgan fingerprint density at radius 3 is 2.55 bits per heavy atom. The molecule has 1 aliphatic rings. The van der Waals surface area contributed by atoms with E-state index in [-0.39, 0.29) is 10.9 Å². The third-order valence-electron chi connectivity index (χ3n) is 2.16. The summed E-state index contributed by atoms with van der Waals surface area (Å²) in [6, 6.07) is 0. The second-order valence-corrected chi connectivity index (χ2v) is 3.99. The van der Waals surface area contributed by atoms with Crippen LogP contribution in [0.3, 0.4) is 0 Å². The Morgan fingerprint density at radius 2 is 1.91 bits per heavy atom. The Balaban J connectivity index is 2.58. The van der Waals surface area contributed by atoms with Gasteiger partial charge in [-0.2, -0.15) is 0 Å². The summed E-state index contributed by atoms with van der Waals surface area (Å²) in [5.41, 5.74) is -0.0656. The molecule has 0 amide bonds. The molecule has 2 unspecified atom stereocenters. The molecule has 4 heteroatoms. The highest BCUT2D eigenvalue weighted by molar-refractivity contribution is 6.29. The third kappa shape index (κ3) is 2.22. The van der Waals surface area contributed by atoms with Crippen molar-refractivity contribution >= 4 is 23.2 Å². The summed E-state index contributed by atoms with van der Waals surface area (Å²) in [4.78, 5) is 0. The first kappa shape index (κ1) is 9.59. The Bertz CT molecular complexity index is 118. The van der Waals surface area contributed by atoms with E-state index in [1.54, 1.807) is 0 Å². The molecule has 2 atom stereocenters. The Kier molecular flexibility index (Phi) is 3.44. The fourth-order valence-corrected chi connectivity index (χ4v) is 1.83. The summed E-state index contributed by atoms with van der Waals surface area (Å²) < 4.78 is 0. The molecule has 1 rings (SSSR count). The lowest BCUT2D eigenvalue weighted by atomic mass is 10.2. The molecule has 0 aromatic rings. The van der Waals surface area contributed by atoms with Crippen molar-refractivity contribution in [2.24, 2.45) is 0 Å². The molecule has 0 bridgehead atoms. The topological polar surface area (TPSA) is 6.48 Å². The van der Waals surface area contributed by atoms with E-state index in [1.165, 1.54) is 0 Å². The number of hydrogen-bond donors (Lipinski definition) is 0. The van der Waals surface area contributed by atoms with Gasteiger partial charge in [-0.05, 0) is 12.8 Å². The Labute approximate surface area is 78.0 Å². The molecular formula is C7H14Cl2N2. The molecule has 2 nitrogen and oxygen atoms in total. The average Bonchev–Trinajstić information content (AvgIpc) is 2.07. The van der Waals surface area contributed by atoms with Gasteiger partial charge in [-0.25, -0.2) is 10.0 Å². The van der Waals surface area contributed by atoms with Gasteiger partial charge in [0, 0.05) is 20.6 Å². The SMILES string of the molecule is CN1CCCC(Cl)C(Cl)N1C. The summed E-state index contributed by atoms with van der Waals surface area (Å²) in [6.07, 6.45) is 2.13. The van der Waals surface area contributed by atoms with E-state index in [0.717, 1.165) is 19.4 Å². The molecule has 0 radical (unpaired) electrons. The first-order valence-corrected chi connectivity index (χ1v) is 4.72. The van der Waals surface area contributed by atoms with Gasteiger partial charge in [-0.3, -0.25) is 0 Å². The van der Waals surface area contributed by atoms with Crippen LogP contribution in [0.5, 0.6) is 0 Å². The van der Waals surface area contributed by atoms with E-state index in [9.17, 15) is 0 Å². The van der Waals surface area contributed by atoms with Crippen LogP contribution >= 0.6 is 23.2 Å². The molecule has 0 N–H and O–H groups in total. The lowest BCUT2D eigenvalue weighted by molar-refractivity contribution is 0.0249. The zero-order valence-electron chi connectivity index (χ0n) is 6.93. The minimum atomic E-state index is -0.0656. The van der Waals surface area contributed by atoms with Crippen LogP contribution in [0.1, 0.15) is 12.8 Å². The zero-order valence-corrected chi connectivity index (χ0v) is 8.44. The first-order chi connectivity index (χ1) is 5.13. The van der Waals surface area contributed by atoms with E-state index in [0.29, 0.717) is 0 Å². The van der Waals surface area contributed by atoms with Crippen molar-refractivity contribution in [2.75, 3.05) is 20.6 Å². The van der Waals surface area contributed by atoms with Crippen molar-refractivity contribution in [1.82, 2.24) is 10.0 Å². The van der Waals surface area contributed by atoms with Gasteiger partial charge < -0.3 is 0 Å². The van der Waals surface area contributed by atoms with E-state index < -0.39 is 0 Å². The van der Waals surface area contributed by atoms with Crippen LogP contribution in [0.25, 0.3) is 0 Å². The van der Waals surface area contributed by atoms with Gasteiger partial charge in [0.25, 0.3) is 0 Å². The third-order valence-corrected chi connectivity index (χ3v) is 3.33. The van der Waals surface area contributed by atoms with E-state index in [2.05, 4.69) is 5.01 Å². The first-order valence-electron chi connectivity index (χ1n) is 3.85. The van der Waals surface area contributed by atoms with Gasteiger partial charge >= 0.3 is 0 Å². The monoisotopic (exact) mass is 196 g/mol. The van der Waals surface area contributed by atoms with Crippen LogP contribution in [-0.4, -0.2) is 41.5 Å². The summed E-state index contributed by atoms with van der Waals surface area (Å²) >= 11 is 12.1. The largest absolute Gasteiger partial charge is 0.244 e. The highest BCUT2D eigenvalue weighted by atomic mass is 35.5. The number of hydrogen-bond acceptors (Lipinski definition) is 2. The summed E-state index contributed by atoms with van der Waals surface area (Å²) in [5, 5.41) is 4.18. The van der Waals surface area contributed by atoms with Crippen molar-refractivity contribution in [3.05, 3.63) is 0 Å². The number of hydrazine groups is 1. The quantitative estimate of drug-likeness (QED) is 0.431. The zero-order chi connectivity index (χ0) is 8.43. The highest BCUT2D eigenvalue weighted by Gasteiger charge is 2.26. The smallest absolute Gasteiger partial charge is 0.114 e. The Morgan fingerprint density at radius 1 is 1.27 bits per heavy atom. The molecule has 1 heterocycles. The maximum Gasteiger partial charge on any atom is 0.114 e. The fraction of sp³-hybridized carbons (Fsp3) is 1.00. The molecule has 66 valence electrons. The molecule has 0 aromatic heterocycles. The predicted octanol–water partition coefficient (Wildman–Crippen LogP) is 1.73. The molecule has 1 saturated heterocycles. The molecule has 1 fully saturated rings. The normalized spacial score (nSPS) is 37.1. The molecule has 11 heavy (non-hydrogen) atoms. The summed E-state index contributed by atoms with van der Waals surface area (Å²) in [5.74, 6) is 0. The number of rotatable bonds is 0. The lowest BCUT2D eigenvalue weighted by Gasteiger charge is -2.30. The molecule has 0 aromatic carbocycles. The van der Waals surface area contributed by atoms with Crippen molar-refractivity contribution in [3.63, 3.8) is 0 Å². The van der Waals surface area contributed by atoms with Crippen LogP contribution in [0.15, 0.2) is 0 Å². The molecule has 0 spiro atoms. The van der Waals surface area contributed by atoms with Crippen molar-refractivity contribution in [1.29, 1.82) is 0 Å². The van der Waals surface area contributed by atoms with Crippen LogP contribution in [0, 0.1) is 0 Å². The Hall–Kier alpha value is 0.500. The van der Waals surface area contributed by atoms with Gasteiger partial charge in [0.1, 0.15) is 5.50 Å². The number of alkyl halides is 2. The van der Waals surface area contributed by atoms with Crippen molar-refractivity contribution in [3.8, 4) is 0 Å². The van der Waals surface area contributed by atoms with E-state index in [4.69, 9.17) is 23.2 Å². The van der Waals surface area contributed by atoms with Crippen LogP contribution in [-0.2, 0) is 0 Å².